The number of rotatable bonds is 2. The summed E-state index contributed by atoms with van der Waals surface area (Å²) in [6, 6.07) is 14.6. The van der Waals surface area contributed by atoms with Crippen LogP contribution in [-0.4, -0.2) is 0 Å². The summed E-state index contributed by atoms with van der Waals surface area (Å²) >= 11 is 0. The molecular formula is C15H17N. The van der Waals surface area contributed by atoms with E-state index in [0.717, 1.165) is 12.1 Å². The van der Waals surface area contributed by atoms with Crippen LogP contribution >= 0.6 is 0 Å². The Morgan fingerprint density at radius 1 is 0.875 bits per heavy atom. The highest BCUT2D eigenvalue weighted by Crippen LogP contribution is 2.21. The quantitative estimate of drug-likeness (QED) is 0.756. The summed E-state index contributed by atoms with van der Waals surface area (Å²) in [5, 5.41) is 0. The number of anilines is 1. The van der Waals surface area contributed by atoms with Gasteiger partial charge in [0.15, 0.2) is 0 Å². The second-order valence-electron chi connectivity index (χ2n) is 4.23. The fraction of sp³-hybridized carbons (Fsp3) is 0.200. The Hall–Kier alpha value is -1.76. The molecular weight excluding hydrogens is 194 g/mol. The Bertz CT molecular complexity index is 486. The molecule has 0 saturated heterocycles. The van der Waals surface area contributed by atoms with Crippen LogP contribution in [0.3, 0.4) is 0 Å². The summed E-state index contributed by atoms with van der Waals surface area (Å²) < 4.78 is 0. The predicted molar refractivity (Wildman–Crippen MR) is 69.6 cm³/mol. The lowest BCUT2D eigenvalue weighted by Crippen LogP contribution is -1.98. The van der Waals surface area contributed by atoms with E-state index in [1.54, 1.807) is 0 Å². The van der Waals surface area contributed by atoms with Gasteiger partial charge in [-0.05, 0) is 48.6 Å². The first-order valence-corrected chi connectivity index (χ1v) is 5.57. The molecule has 0 fully saturated rings. The van der Waals surface area contributed by atoms with Crippen molar-refractivity contribution in [2.75, 3.05) is 5.73 Å². The van der Waals surface area contributed by atoms with Gasteiger partial charge >= 0.3 is 0 Å². The molecule has 2 N–H and O–H groups in total. The smallest absolute Gasteiger partial charge is 0.0346 e. The van der Waals surface area contributed by atoms with E-state index in [-0.39, 0.29) is 0 Å². The number of nitrogens with two attached hydrogens (primary N) is 1. The molecule has 2 aromatic rings. The van der Waals surface area contributed by atoms with Gasteiger partial charge in [-0.25, -0.2) is 0 Å². The van der Waals surface area contributed by atoms with Gasteiger partial charge < -0.3 is 5.73 Å². The molecule has 0 amide bonds. The molecule has 1 heteroatoms. The average molecular weight is 211 g/mol. The molecule has 2 aromatic carbocycles. The van der Waals surface area contributed by atoms with Gasteiger partial charge in [0, 0.05) is 5.69 Å². The molecule has 1 nitrogen and oxygen atoms in total. The summed E-state index contributed by atoms with van der Waals surface area (Å²) in [6.07, 6.45) is 0.980. The first-order chi connectivity index (χ1) is 7.68. The molecule has 0 aliphatic heterocycles. The highest BCUT2D eigenvalue weighted by Gasteiger charge is 2.04. The normalized spacial score (nSPS) is 10.4. The topological polar surface area (TPSA) is 26.0 Å². The van der Waals surface area contributed by atoms with Gasteiger partial charge in [-0.15, -0.1) is 0 Å². The van der Waals surface area contributed by atoms with Gasteiger partial charge in [0.25, 0.3) is 0 Å². The van der Waals surface area contributed by atoms with E-state index in [1.165, 1.54) is 22.3 Å². The maximum atomic E-state index is 5.88. The van der Waals surface area contributed by atoms with Gasteiger partial charge in [-0.3, -0.25) is 0 Å². The van der Waals surface area contributed by atoms with E-state index in [9.17, 15) is 0 Å². The van der Waals surface area contributed by atoms with Crippen molar-refractivity contribution in [2.24, 2.45) is 0 Å². The highest BCUT2D eigenvalue weighted by molar-refractivity contribution is 5.53. The van der Waals surface area contributed by atoms with Crippen molar-refractivity contribution in [1.82, 2.24) is 0 Å². The number of nitrogen functional groups attached to an aromatic ring is 1. The first kappa shape index (κ1) is 10.7. The fourth-order valence-electron chi connectivity index (χ4n) is 1.90. The van der Waals surface area contributed by atoms with Gasteiger partial charge in [-0.1, -0.05) is 36.4 Å². The van der Waals surface area contributed by atoms with Crippen molar-refractivity contribution < 1.29 is 0 Å². The van der Waals surface area contributed by atoms with Crippen molar-refractivity contribution in [1.29, 1.82) is 0 Å². The minimum Gasteiger partial charge on any atom is -0.399 e. The van der Waals surface area contributed by atoms with Crippen LogP contribution < -0.4 is 5.73 Å². The SMILES string of the molecule is Cc1c(N)ccc(Cc2ccccc2)c1C. The van der Waals surface area contributed by atoms with Crippen molar-refractivity contribution in [3.05, 3.63) is 64.7 Å². The molecule has 0 saturated carbocycles. The maximum Gasteiger partial charge on any atom is 0.0346 e. The lowest BCUT2D eigenvalue weighted by Gasteiger charge is -2.11. The number of benzene rings is 2. The number of hydrogen-bond acceptors (Lipinski definition) is 1. The molecule has 2 rings (SSSR count). The Balaban J connectivity index is 2.33. The van der Waals surface area contributed by atoms with Crippen LogP contribution in [-0.2, 0) is 6.42 Å². The minimum atomic E-state index is 0.884. The standard InChI is InChI=1S/C15H17N/c1-11-12(2)15(16)9-8-14(11)10-13-6-4-3-5-7-13/h3-9H,10,16H2,1-2H3. The van der Waals surface area contributed by atoms with E-state index in [0.29, 0.717) is 0 Å². The first-order valence-electron chi connectivity index (χ1n) is 5.57. The van der Waals surface area contributed by atoms with Crippen molar-refractivity contribution in [2.45, 2.75) is 20.3 Å². The second-order valence-corrected chi connectivity index (χ2v) is 4.23. The van der Waals surface area contributed by atoms with Crippen LogP contribution in [0.2, 0.25) is 0 Å². The van der Waals surface area contributed by atoms with E-state index in [4.69, 9.17) is 5.73 Å². The molecule has 0 unspecified atom stereocenters. The molecule has 0 atom stereocenters. The van der Waals surface area contributed by atoms with Crippen LogP contribution in [0.15, 0.2) is 42.5 Å². The summed E-state index contributed by atoms with van der Waals surface area (Å²) in [6.45, 7) is 4.23. The number of hydrogen-bond donors (Lipinski definition) is 1. The van der Waals surface area contributed by atoms with Gasteiger partial charge in [0.2, 0.25) is 0 Å². The van der Waals surface area contributed by atoms with Gasteiger partial charge in [-0.2, -0.15) is 0 Å². The molecule has 0 aliphatic carbocycles. The van der Waals surface area contributed by atoms with Gasteiger partial charge in [0.05, 0.1) is 0 Å². The molecule has 0 spiro atoms. The molecule has 16 heavy (non-hydrogen) atoms. The predicted octanol–water partition coefficient (Wildman–Crippen LogP) is 3.48. The monoisotopic (exact) mass is 211 g/mol. The molecule has 0 aliphatic rings. The second kappa shape index (κ2) is 4.40. The van der Waals surface area contributed by atoms with Crippen LogP contribution in [0.1, 0.15) is 22.3 Å². The molecule has 0 aromatic heterocycles. The third-order valence-corrected chi connectivity index (χ3v) is 3.18. The van der Waals surface area contributed by atoms with Crippen molar-refractivity contribution in [3.8, 4) is 0 Å². The summed E-state index contributed by atoms with van der Waals surface area (Å²) in [5.74, 6) is 0. The van der Waals surface area contributed by atoms with Crippen molar-refractivity contribution in [3.63, 3.8) is 0 Å². The van der Waals surface area contributed by atoms with Crippen LogP contribution in [0.25, 0.3) is 0 Å². The third kappa shape index (κ3) is 2.08. The molecule has 82 valence electrons. The summed E-state index contributed by atoms with van der Waals surface area (Å²) in [7, 11) is 0. The Morgan fingerprint density at radius 2 is 1.56 bits per heavy atom. The average Bonchev–Trinajstić information content (AvgIpc) is 2.31. The zero-order chi connectivity index (χ0) is 11.5. The van der Waals surface area contributed by atoms with Crippen LogP contribution in [0, 0.1) is 13.8 Å². The zero-order valence-electron chi connectivity index (χ0n) is 9.83. The highest BCUT2D eigenvalue weighted by atomic mass is 14.6. The summed E-state index contributed by atoms with van der Waals surface area (Å²) in [4.78, 5) is 0. The Morgan fingerprint density at radius 3 is 2.25 bits per heavy atom. The molecule has 0 bridgehead atoms. The molecule has 0 heterocycles. The van der Waals surface area contributed by atoms with E-state index in [1.807, 2.05) is 12.1 Å². The zero-order valence-corrected chi connectivity index (χ0v) is 9.83. The van der Waals surface area contributed by atoms with E-state index >= 15 is 0 Å². The lowest BCUT2D eigenvalue weighted by molar-refractivity contribution is 1.14. The lowest BCUT2D eigenvalue weighted by atomic mass is 9.96. The van der Waals surface area contributed by atoms with Gasteiger partial charge in [0.1, 0.15) is 0 Å². The fourth-order valence-corrected chi connectivity index (χ4v) is 1.90. The third-order valence-electron chi connectivity index (χ3n) is 3.18. The van der Waals surface area contributed by atoms with Crippen LogP contribution in [0.4, 0.5) is 5.69 Å². The minimum absolute atomic E-state index is 0.884. The Kier molecular flexibility index (Phi) is 2.95. The largest absolute Gasteiger partial charge is 0.399 e. The Labute approximate surface area is 96.9 Å². The van der Waals surface area contributed by atoms with Crippen molar-refractivity contribution >= 4 is 5.69 Å². The van der Waals surface area contributed by atoms with Crippen LogP contribution in [0.5, 0.6) is 0 Å². The summed E-state index contributed by atoms with van der Waals surface area (Å²) in [5.41, 5.74) is 12.0. The maximum absolute atomic E-state index is 5.88. The van der Waals surface area contributed by atoms with E-state index in [2.05, 4.69) is 44.2 Å². The van der Waals surface area contributed by atoms with E-state index < -0.39 is 0 Å². The molecule has 0 radical (unpaired) electrons.